The summed E-state index contributed by atoms with van der Waals surface area (Å²) in [5.41, 5.74) is 0.446. The Labute approximate surface area is 61.8 Å². The van der Waals surface area contributed by atoms with Gasteiger partial charge in [0.1, 0.15) is 0 Å². The fourth-order valence-corrected chi connectivity index (χ4v) is 2.99. The molecule has 0 aromatic heterocycles. The number of fused-ring (bicyclic) bond motifs is 2. The number of ether oxygens (including phenoxy) is 1. The highest BCUT2D eigenvalue weighted by atomic mass is 16.6. The Morgan fingerprint density at radius 3 is 2.10 bits per heavy atom. The van der Waals surface area contributed by atoms with Crippen molar-refractivity contribution in [3.63, 3.8) is 0 Å². The Kier molecular flexibility index (Phi) is 0.883. The van der Waals surface area contributed by atoms with Crippen LogP contribution in [0, 0.1) is 11.8 Å². The van der Waals surface area contributed by atoms with Crippen molar-refractivity contribution in [2.45, 2.75) is 37.7 Å². The highest BCUT2D eigenvalue weighted by molar-refractivity contribution is 5.05. The van der Waals surface area contributed by atoms with Gasteiger partial charge in [0.25, 0.3) is 0 Å². The second-order valence-electron chi connectivity index (χ2n) is 4.28. The molecule has 0 amide bonds. The minimum atomic E-state index is 0.446. The van der Waals surface area contributed by atoms with E-state index in [1.807, 2.05) is 0 Å². The zero-order valence-electron chi connectivity index (χ0n) is 6.31. The summed E-state index contributed by atoms with van der Waals surface area (Å²) in [5, 5.41) is 0. The topological polar surface area (TPSA) is 12.5 Å². The van der Waals surface area contributed by atoms with Crippen molar-refractivity contribution < 1.29 is 4.74 Å². The van der Waals surface area contributed by atoms with Gasteiger partial charge in [-0.1, -0.05) is 0 Å². The third-order valence-electron chi connectivity index (χ3n) is 3.74. The summed E-state index contributed by atoms with van der Waals surface area (Å²) in [6, 6.07) is 0. The quantitative estimate of drug-likeness (QED) is 0.466. The van der Waals surface area contributed by atoms with Gasteiger partial charge in [-0.05, 0) is 43.9 Å². The highest BCUT2D eigenvalue weighted by Gasteiger charge is 2.56. The van der Waals surface area contributed by atoms with Gasteiger partial charge in [-0.3, -0.25) is 0 Å². The molecule has 1 heteroatoms. The van der Waals surface area contributed by atoms with Crippen molar-refractivity contribution in [3.8, 4) is 0 Å². The summed E-state index contributed by atoms with van der Waals surface area (Å²) >= 11 is 0. The molecular formula is C9H14O. The Morgan fingerprint density at radius 1 is 1.10 bits per heavy atom. The fourth-order valence-electron chi connectivity index (χ4n) is 2.99. The zero-order valence-corrected chi connectivity index (χ0v) is 6.31. The maximum atomic E-state index is 5.57. The lowest BCUT2D eigenvalue weighted by Crippen LogP contribution is -2.37. The van der Waals surface area contributed by atoms with Gasteiger partial charge in [0.15, 0.2) is 0 Å². The third kappa shape index (κ3) is 0.572. The molecule has 2 bridgehead atoms. The van der Waals surface area contributed by atoms with Crippen LogP contribution in [0.3, 0.4) is 0 Å². The first-order chi connectivity index (χ1) is 4.89. The largest absolute Gasteiger partial charge is 0.369 e. The average molecular weight is 138 g/mol. The van der Waals surface area contributed by atoms with Gasteiger partial charge in [-0.2, -0.15) is 0 Å². The van der Waals surface area contributed by atoms with E-state index < -0.39 is 0 Å². The summed E-state index contributed by atoms with van der Waals surface area (Å²) in [6.07, 6.45) is 7.32. The Hall–Kier alpha value is -0.0400. The average Bonchev–Trinajstić information content (AvgIpc) is 2.72. The van der Waals surface area contributed by atoms with Crippen LogP contribution in [-0.4, -0.2) is 12.2 Å². The molecule has 4 rings (SSSR count). The van der Waals surface area contributed by atoms with Crippen molar-refractivity contribution in [3.05, 3.63) is 0 Å². The molecule has 4 fully saturated rings. The molecule has 1 atom stereocenters. The molecule has 3 saturated carbocycles. The van der Waals surface area contributed by atoms with Crippen LogP contribution < -0.4 is 0 Å². The predicted octanol–water partition coefficient (Wildman–Crippen LogP) is 1.97. The van der Waals surface area contributed by atoms with Crippen LogP contribution in [0.2, 0.25) is 0 Å². The molecule has 1 spiro atoms. The number of hydrogen-bond acceptors (Lipinski definition) is 1. The lowest BCUT2D eigenvalue weighted by molar-refractivity contribution is 0.0614. The second kappa shape index (κ2) is 1.58. The van der Waals surface area contributed by atoms with Crippen molar-refractivity contribution in [2.24, 2.45) is 11.8 Å². The van der Waals surface area contributed by atoms with Crippen molar-refractivity contribution >= 4 is 0 Å². The van der Waals surface area contributed by atoms with Crippen LogP contribution in [0.5, 0.6) is 0 Å². The minimum absolute atomic E-state index is 0.446. The van der Waals surface area contributed by atoms with Crippen LogP contribution >= 0.6 is 0 Å². The molecule has 4 aliphatic rings. The van der Waals surface area contributed by atoms with Crippen molar-refractivity contribution in [1.29, 1.82) is 0 Å². The van der Waals surface area contributed by atoms with E-state index in [1.54, 1.807) is 0 Å². The van der Waals surface area contributed by atoms with Gasteiger partial charge in [0.2, 0.25) is 0 Å². The van der Waals surface area contributed by atoms with Crippen LogP contribution in [0.4, 0.5) is 0 Å². The number of hydrogen-bond donors (Lipinski definition) is 0. The second-order valence-corrected chi connectivity index (χ2v) is 4.28. The molecule has 0 N–H and O–H groups in total. The van der Waals surface area contributed by atoms with E-state index in [2.05, 4.69) is 0 Å². The first-order valence-corrected chi connectivity index (χ1v) is 4.53. The zero-order chi connectivity index (χ0) is 6.60. The van der Waals surface area contributed by atoms with E-state index in [1.165, 1.54) is 32.1 Å². The molecule has 1 aliphatic heterocycles. The lowest BCUT2D eigenvalue weighted by Gasteiger charge is -2.40. The predicted molar refractivity (Wildman–Crippen MR) is 38.7 cm³/mol. The molecule has 3 aliphatic carbocycles. The molecule has 10 heavy (non-hydrogen) atoms. The molecule has 0 aromatic rings. The van der Waals surface area contributed by atoms with Crippen LogP contribution in [0.1, 0.15) is 32.1 Å². The van der Waals surface area contributed by atoms with Gasteiger partial charge in [0, 0.05) is 0 Å². The Morgan fingerprint density at radius 2 is 1.80 bits per heavy atom. The van der Waals surface area contributed by atoms with Crippen molar-refractivity contribution in [1.82, 2.24) is 0 Å². The molecule has 0 unspecified atom stereocenters. The van der Waals surface area contributed by atoms with Gasteiger partial charge in [-0.25, -0.2) is 0 Å². The summed E-state index contributed by atoms with van der Waals surface area (Å²) in [5.74, 6) is 1.99. The molecule has 1 saturated heterocycles. The smallest absolute Gasteiger partial charge is 0.0947 e. The summed E-state index contributed by atoms with van der Waals surface area (Å²) < 4.78 is 5.57. The monoisotopic (exact) mass is 138 g/mol. The molecule has 56 valence electrons. The summed E-state index contributed by atoms with van der Waals surface area (Å²) in [6.45, 7) is 1.09. The van der Waals surface area contributed by atoms with Gasteiger partial charge in [0.05, 0.1) is 12.2 Å². The molecule has 1 heterocycles. The van der Waals surface area contributed by atoms with E-state index >= 15 is 0 Å². The maximum absolute atomic E-state index is 5.57. The summed E-state index contributed by atoms with van der Waals surface area (Å²) in [7, 11) is 0. The normalized spacial score (nSPS) is 57.6. The Bertz CT molecular complexity index is 152. The van der Waals surface area contributed by atoms with E-state index in [0.29, 0.717) is 5.60 Å². The van der Waals surface area contributed by atoms with Gasteiger partial charge >= 0.3 is 0 Å². The first kappa shape index (κ1) is 5.59. The van der Waals surface area contributed by atoms with Crippen LogP contribution in [-0.2, 0) is 4.74 Å². The standard InChI is InChI=1S/C9H14O/c1-3-8-4-2-7(1)5-9(8)6-10-9/h7-8H,1-6H2/t7?,8?,9-/m0/s1. The Balaban J connectivity index is 1.90. The fraction of sp³-hybridized carbons (Fsp3) is 1.00. The number of rotatable bonds is 0. The minimum Gasteiger partial charge on any atom is -0.369 e. The van der Waals surface area contributed by atoms with E-state index in [-0.39, 0.29) is 0 Å². The lowest BCUT2D eigenvalue weighted by atomic mass is 9.65. The van der Waals surface area contributed by atoms with E-state index in [0.717, 1.165) is 18.4 Å². The molecule has 1 nitrogen and oxygen atoms in total. The van der Waals surface area contributed by atoms with E-state index in [4.69, 9.17) is 4.74 Å². The molecular weight excluding hydrogens is 124 g/mol. The SMILES string of the molecule is C1CC2CCC1C[C@]21CO1. The molecule has 0 aromatic carbocycles. The van der Waals surface area contributed by atoms with E-state index in [9.17, 15) is 0 Å². The molecule has 0 radical (unpaired) electrons. The number of epoxide rings is 1. The third-order valence-corrected chi connectivity index (χ3v) is 3.74. The van der Waals surface area contributed by atoms with Gasteiger partial charge in [-0.15, -0.1) is 0 Å². The van der Waals surface area contributed by atoms with Gasteiger partial charge < -0.3 is 4.74 Å². The van der Waals surface area contributed by atoms with Crippen LogP contribution in [0.25, 0.3) is 0 Å². The maximum Gasteiger partial charge on any atom is 0.0947 e. The van der Waals surface area contributed by atoms with Crippen LogP contribution in [0.15, 0.2) is 0 Å². The first-order valence-electron chi connectivity index (χ1n) is 4.53. The van der Waals surface area contributed by atoms with Crippen molar-refractivity contribution in [2.75, 3.05) is 6.61 Å². The summed E-state index contributed by atoms with van der Waals surface area (Å²) in [4.78, 5) is 0. The highest BCUT2D eigenvalue weighted by Crippen LogP contribution is 2.55.